The van der Waals surface area contributed by atoms with Crippen molar-refractivity contribution in [3.63, 3.8) is 0 Å². The van der Waals surface area contributed by atoms with E-state index in [1.165, 1.54) is 18.4 Å². The summed E-state index contributed by atoms with van der Waals surface area (Å²) in [5.41, 5.74) is 2.87. The number of ketones is 2. The predicted octanol–water partition coefficient (Wildman–Crippen LogP) is 4.64. The summed E-state index contributed by atoms with van der Waals surface area (Å²) in [6.45, 7) is 6.49. The lowest BCUT2D eigenvalue weighted by atomic mass is 9.47. The zero-order chi connectivity index (χ0) is 16.4. The van der Waals surface area contributed by atoms with Crippen molar-refractivity contribution < 1.29 is 9.59 Å². The predicted molar refractivity (Wildman–Crippen MR) is 90.9 cm³/mol. The van der Waals surface area contributed by atoms with Gasteiger partial charge in [-0.2, -0.15) is 0 Å². The Balaban J connectivity index is 1.68. The van der Waals surface area contributed by atoms with Crippen molar-refractivity contribution in [2.45, 2.75) is 65.7 Å². The molecular weight excluding hydrogens is 284 g/mol. The monoisotopic (exact) mass is 312 g/mol. The van der Waals surface area contributed by atoms with Crippen molar-refractivity contribution in [1.29, 1.82) is 0 Å². The van der Waals surface area contributed by atoms with E-state index in [4.69, 9.17) is 0 Å². The number of hydrogen-bond donors (Lipinski definition) is 0. The maximum atomic E-state index is 12.1. The van der Waals surface area contributed by atoms with Crippen molar-refractivity contribution in [2.75, 3.05) is 0 Å². The lowest BCUT2D eigenvalue weighted by molar-refractivity contribution is -0.118. The van der Waals surface area contributed by atoms with Crippen LogP contribution in [0.5, 0.6) is 0 Å². The Hall–Kier alpha value is -1.18. The summed E-state index contributed by atoms with van der Waals surface area (Å²) < 4.78 is 0. The first kappa shape index (κ1) is 15.4. The SMILES string of the molecule is CC(=O)C1=CC[C@H]2[C@@H]3CCC4=CC(=O)CC[C@]4(C)[C@H]3CC[C@@]12C. The van der Waals surface area contributed by atoms with Gasteiger partial charge in [-0.1, -0.05) is 25.5 Å². The van der Waals surface area contributed by atoms with E-state index in [2.05, 4.69) is 19.9 Å². The molecule has 0 radical (unpaired) electrons. The minimum absolute atomic E-state index is 0.106. The molecule has 0 heterocycles. The molecule has 0 aromatic carbocycles. The Bertz CT molecular complexity index is 640. The minimum Gasteiger partial charge on any atom is -0.295 e. The van der Waals surface area contributed by atoms with E-state index in [-0.39, 0.29) is 16.6 Å². The molecule has 124 valence electrons. The quantitative estimate of drug-likeness (QED) is 0.706. The number of rotatable bonds is 1. The molecule has 4 aliphatic rings. The minimum atomic E-state index is 0.106. The molecule has 4 rings (SSSR count). The fraction of sp³-hybridized carbons (Fsp3) is 0.714. The van der Waals surface area contributed by atoms with Crippen molar-refractivity contribution in [2.24, 2.45) is 28.6 Å². The van der Waals surface area contributed by atoms with Crippen LogP contribution in [0.2, 0.25) is 0 Å². The van der Waals surface area contributed by atoms with E-state index >= 15 is 0 Å². The van der Waals surface area contributed by atoms with Crippen molar-refractivity contribution in [3.8, 4) is 0 Å². The van der Waals surface area contributed by atoms with Crippen LogP contribution in [0, 0.1) is 28.6 Å². The Morgan fingerprint density at radius 1 is 1.09 bits per heavy atom. The Morgan fingerprint density at radius 2 is 1.87 bits per heavy atom. The largest absolute Gasteiger partial charge is 0.295 e. The van der Waals surface area contributed by atoms with E-state index in [1.807, 2.05) is 6.08 Å². The Kier molecular flexibility index (Phi) is 3.28. The van der Waals surface area contributed by atoms with Crippen LogP contribution in [0.25, 0.3) is 0 Å². The zero-order valence-electron chi connectivity index (χ0n) is 14.7. The van der Waals surface area contributed by atoms with Gasteiger partial charge in [0.05, 0.1) is 0 Å². The molecule has 2 fully saturated rings. The number of carbonyl (C=O) groups is 2. The van der Waals surface area contributed by atoms with Crippen LogP contribution in [-0.4, -0.2) is 11.6 Å². The number of hydrogen-bond acceptors (Lipinski definition) is 2. The van der Waals surface area contributed by atoms with Crippen molar-refractivity contribution >= 4 is 11.6 Å². The molecule has 23 heavy (non-hydrogen) atoms. The van der Waals surface area contributed by atoms with Crippen LogP contribution >= 0.6 is 0 Å². The van der Waals surface area contributed by atoms with Gasteiger partial charge in [0.25, 0.3) is 0 Å². The third kappa shape index (κ3) is 1.99. The van der Waals surface area contributed by atoms with Gasteiger partial charge in [0.15, 0.2) is 11.6 Å². The lowest BCUT2D eigenvalue weighted by Gasteiger charge is -2.57. The summed E-state index contributed by atoms with van der Waals surface area (Å²) in [6.07, 6.45) is 11.7. The number of allylic oxidation sites excluding steroid dienone is 4. The summed E-state index contributed by atoms with van der Waals surface area (Å²) in [5.74, 6) is 2.67. The molecule has 0 aromatic rings. The third-order valence-corrected chi connectivity index (χ3v) is 7.92. The smallest absolute Gasteiger partial charge is 0.156 e. The van der Waals surface area contributed by atoms with Gasteiger partial charge >= 0.3 is 0 Å². The molecule has 2 saturated carbocycles. The highest BCUT2D eigenvalue weighted by Gasteiger charge is 2.57. The van der Waals surface area contributed by atoms with E-state index in [9.17, 15) is 9.59 Å². The first-order valence-electron chi connectivity index (χ1n) is 9.32. The molecule has 2 heteroatoms. The summed E-state index contributed by atoms with van der Waals surface area (Å²) in [7, 11) is 0. The standard InChI is InChI=1S/C21H28O2/c1-13(22)17-6-7-18-16-5-4-14-12-15(23)8-10-20(14,2)19(16)9-11-21(17,18)3/h6,12,16,18-19H,4-5,7-11H2,1-3H3/t16-,18-,19-,20-,21-/m0/s1. The molecule has 0 N–H and O–H groups in total. The first-order valence-corrected chi connectivity index (χ1v) is 9.32. The normalized spacial score (nSPS) is 45.5. The van der Waals surface area contributed by atoms with E-state index in [0.29, 0.717) is 17.6 Å². The van der Waals surface area contributed by atoms with Gasteiger partial charge in [0, 0.05) is 6.42 Å². The van der Waals surface area contributed by atoms with Gasteiger partial charge in [0.1, 0.15) is 0 Å². The van der Waals surface area contributed by atoms with E-state index in [1.54, 1.807) is 6.92 Å². The molecule has 5 atom stereocenters. The van der Waals surface area contributed by atoms with Crippen LogP contribution < -0.4 is 0 Å². The lowest BCUT2D eigenvalue weighted by Crippen LogP contribution is -2.50. The molecule has 0 spiro atoms. The molecule has 0 bridgehead atoms. The third-order valence-electron chi connectivity index (χ3n) is 7.92. The van der Waals surface area contributed by atoms with Crippen LogP contribution in [0.15, 0.2) is 23.3 Å². The second kappa shape index (κ2) is 4.91. The van der Waals surface area contributed by atoms with Gasteiger partial charge in [0.2, 0.25) is 0 Å². The molecule has 0 unspecified atom stereocenters. The summed E-state index contributed by atoms with van der Waals surface area (Å²) >= 11 is 0. The average Bonchev–Trinajstić information content (AvgIpc) is 2.85. The molecule has 0 amide bonds. The summed E-state index contributed by atoms with van der Waals surface area (Å²) in [4.78, 5) is 23.9. The highest BCUT2D eigenvalue weighted by Crippen LogP contribution is 2.65. The molecule has 0 saturated heterocycles. The summed E-state index contributed by atoms with van der Waals surface area (Å²) in [5, 5.41) is 0. The van der Waals surface area contributed by atoms with Crippen LogP contribution in [0.3, 0.4) is 0 Å². The number of Topliss-reactive ketones (excluding diaryl/α,β-unsaturated/α-hetero) is 1. The average molecular weight is 312 g/mol. The second-order valence-electron chi connectivity index (χ2n) is 8.83. The maximum Gasteiger partial charge on any atom is 0.156 e. The van der Waals surface area contributed by atoms with Crippen LogP contribution in [0.4, 0.5) is 0 Å². The Morgan fingerprint density at radius 3 is 2.61 bits per heavy atom. The topological polar surface area (TPSA) is 34.1 Å². The molecular formula is C21H28O2. The van der Waals surface area contributed by atoms with E-state index < -0.39 is 0 Å². The van der Waals surface area contributed by atoms with Gasteiger partial charge < -0.3 is 0 Å². The molecule has 0 aliphatic heterocycles. The number of fused-ring (bicyclic) bond motifs is 5. The molecule has 0 aromatic heterocycles. The van der Waals surface area contributed by atoms with Gasteiger partial charge in [-0.15, -0.1) is 0 Å². The zero-order valence-corrected chi connectivity index (χ0v) is 14.7. The highest BCUT2D eigenvalue weighted by molar-refractivity contribution is 5.95. The Labute approximate surface area is 139 Å². The van der Waals surface area contributed by atoms with E-state index in [0.717, 1.165) is 43.6 Å². The van der Waals surface area contributed by atoms with Crippen molar-refractivity contribution in [1.82, 2.24) is 0 Å². The first-order chi connectivity index (χ1) is 10.9. The van der Waals surface area contributed by atoms with Gasteiger partial charge in [-0.05, 0) is 85.7 Å². The van der Waals surface area contributed by atoms with Gasteiger partial charge in [-0.25, -0.2) is 0 Å². The fourth-order valence-electron chi connectivity index (χ4n) is 6.67. The highest BCUT2D eigenvalue weighted by atomic mass is 16.1. The molecule has 4 aliphatic carbocycles. The van der Waals surface area contributed by atoms with Gasteiger partial charge in [-0.3, -0.25) is 9.59 Å². The van der Waals surface area contributed by atoms with Crippen LogP contribution in [-0.2, 0) is 9.59 Å². The van der Waals surface area contributed by atoms with Crippen molar-refractivity contribution in [3.05, 3.63) is 23.3 Å². The molecule has 2 nitrogen and oxygen atoms in total. The summed E-state index contributed by atoms with van der Waals surface area (Å²) in [6, 6.07) is 0. The fourth-order valence-corrected chi connectivity index (χ4v) is 6.67. The maximum absolute atomic E-state index is 12.1. The number of carbonyl (C=O) groups excluding carboxylic acids is 2. The van der Waals surface area contributed by atoms with Crippen LogP contribution in [0.1, 0.15) is 65.7 Å². The second-order valence-corrected chi connectivity index (χ2v) is 8.83.